The van der Waals surface area contributed by atoms with Gasteiger partial charge >= 0.3 is 0 Å². The molecule has 0 fully saturated rings. The van der Waals surface area contributed by atoms with Crippen molar-refractivity contribution in [2.24, 2.45) is 5.73 Å². The molecule has 0 aromatic rings. The molecule has 5 heavy (non-hydrogen) atoms. The molecule has 0 unspecified atom stereocenters. The monoisotopic (exact) mass is 142 g/mol. The van der Waals surface area contributed by atoms with Gasteiger partial charge in [-0.05, 0) is 0 Å². The van der Waals surface area contributed by atoms with Gasteiger partial charge in [0.25, 0.3) is 0 Å². The Bertz CT molecular complexity index is 21.0. The third kappa shape index (κ3) is 12.9. The second kappa shape index (κ2) is 8.83. The van der Waals surface area contributed by atoms with Gasteiger partial charge in [-0.1, -0.05) is 0 Å². The average Bonchev–Trinajstić information content (AvgIpc) is 1.41. The van der Waals surface area contributed by atoms with Crippen molar-refractivity contribution in [1.82, 2.24) is 0 Å². The van der Waals surface area contributed by atoms with Gasteiger partial charge in [0.1, 0.15) is 0 Å². The maximum absolute atomic E-state index is 6.30. The first-order valence-corrected chi connectivity index (χ1v) is 0.986. The van der Waals surface area contributed by atoms with Gasteiger partial charge in [-0.3, -0.25) is 0 Å². The van der Waals surface area contributed by atoms with Crippen molar-refractivity contribution < 1.29 is 6.11 Å². The third-order valence-corrected chi connectivity index (χ3v) is 0.118. The van der Waals surface area contributed by atoms with E-state index in [9.17, 15) is 0 Å². The fourth-order valence-corrected chi connectivity index (χ4v) is 0. The summed E-state index contributed by atoms with van der Waals surface area (Å²) in [7, 11) is -0.0312. The molecule has 34 valence electrons. The van der Waals surface area contributed by atoms with Crippen molar-refractivity contribution in [3.63, 3.8) is 0 Å². The van der Waals surface area contributed by atoms with Crippen molar-refractivity contribution in [1.29, 1.82) is 0 Å². The molecule has 0 atom stereocenters. The van der Waals surface area contributed by atoms with Crippen molar-refractivity contribution in [3.05, 3.63) is 0 Å². The molecule has 3 heteroatoms. The van der Waals surface area contributed by atoms with E-state index in [2.05, 4.69) is 4.74 Å². The first-order valence-electron chi connectivity index (χ1n) is 1.69. The van der Waals surface area contributed by atoms with Gasteiger partial charge in [-0.25, -0.2) is 0 Å². The minimum Gasteiger partial charge on any atom is -0.370 e. The topological polar surface area (TPSA) is 35.2 Å². The van der Waals surface area contributed by atoms with Gasteiger partial charge in [0, 0.05) is 7.09 Å². The molecule has 0 aliphatic carbocycles. The maximum Gasteiger partial charge on any atom is 0.0936 e. The lowest BCUT2D eigenvalue weighted by atomic mass is 11.3. The molecule has 0 aliphatic heterocycles. The zero-order chi connectivity index (χ0) is 4.12. The Hall–Kier alpha value is 0.400. The van der Waals surface area contributed by atoms with Crippen LogP contribution in [0.2, 0.25) is 0 Å². The summed E-state index contributed by atoms with van der Waals surface area (Å²) < 4.78 is 10.6. The summed E-state index contributed by atoms with van der Waals surface area (Å²) in [5.41, 5.74) is 4.80. The zero-order valence-corrected chi connectivity index (χ0v) is 4.52. The third-order valence-electron chi connectivity index (χ3n) is 0.118. The Labute approximate surface area is 43.5 Å². The predicted octanol–water partition coefficient (Wildman–Crippen LogP) is 0.127. The normalized spacial score (nSPS) is 8.60. The Morgan fingerprint density at radius 2 is 2.80 bits per heavy atom. The van der Waals surface area contributed by atoms with Crippen LogP contribution in [0.3, 0.4) is 0 Å². The van der Waals surface area contributed by atoms with Crippen LogP contribution in [-0.2, 0) is 4.74 Å². The highest BCUT2D eigenvalue weighted by atomic mass is 79.9. The van der Waals surface area contributed by atoms with Crippen LogP contribution in [0.1, 0.15) is 1.37 Å². The largest absolute Gasteiger partial charge is 0.370 e. The Kier molecular flexibility index (Phi) is 9.54. The molecule has 0 heterocycles. The zero-order valence-electron chi connectivity index (χ0n) is 3.81. The van der Waals surface area contributed by atoms with E-state index in [0.29, 0.717) is 0 Å². The second-order valence-corrected chi connectivity index (χ2v) is 0.371. The number of ether oxygens (including phenoxy) is 1. The summed E-state index contributed by atoms with van der Waals surface area (Å²) in [6.07, 6.45) is 0. The van der Waals surface area contributed by atoms with Crippen LogP contribution in [-0.4, -0.2) is 13.8 Å². The van der Waals surface area contributed by atoms with Gasteiger partial charge in [-0.15, -0.1) is 17.0 Å². The van der Waals surface area contributed by atoms with E-state index in [0.717, 1.165) is 0 Å². The van der Waals surface area contributed by atoms with Gasteiger partial charge in [-0.2, -0.15) is 0 Å². The first-order chi connectivity index (χ1) is 2.41. The highest BCUT2D eigenvalue weighted by molar-refractivity contribution is 8.93. The number of nitrogens with two attached hydrogens (primary N) is 1. The molecule has 0 saturated carbocycles. The number of hydrogen-bond donors (Lipinski definition) is 1. The maximum atomic E-state index is 6.30. The molecule has 0 spiro atoms. The SMILES string of the molecule is Br.[2H]COCN. The second-order valence-electron chi connectivity index (χ2n) is 0.371. The Morgan fingerprint density at radius 1 is 2.20 bits per heavy atom. The van der Waals surface area contributed by atoms with Crippen LogP contribution in [0, 0.1) is 0 Å². The summed E-state index contributed by atoms with van der Waals surface area (Å²) >= 11 is 0. The molecule has 2 N–H and O–H groups in total. The van der Waals surface area contributed by atoms with Gasteiger partial charge in [0.05, 0.1) is 8.10 Å². The van der Waals surface area contributed by atoms with E-state index in [1.807, 2.05) is 0 Å². The molecule has 0 aromatic carbocycles. The minimum atomic E-state index is -0.0312. The molecule has 0 aromatic heterocycles. The van der Waals surface area contributed by atoms with E-state index in [-0.39, 0.29) is 30.8 Å². The first kappa shape index (κ1) is 5.40. The quantitative estimate of drug-likeness (QED) is 0.529. The van der Waals surface area contributed by atoms with Crippen molar-refractivity contribution in [3.8, 4) is 0 Å². The predicted molar refractivity (Wildman–Crippen MR) is 26.4 cm³/mol. The summed E-state index contributed by atoms with van der Waals surface area (Å²) in [6.45, 7) is 0.156. The van der Waals surface area contributed by atoms with Crippen LogP contribution in [0.15, 0.2) is 0 Å². The molecular weight excluding hydrogens is 134 g/mol. The molecule has 0 saturated heterocycles. The van der Waals surface area contributed by atoms with E-state index < -0.39 is 0 Å². The number of methoxy groups -OCH3 is 1. The lowest BCUT2D eigenvalue weighted by Crippen LogP contribution is -1.98. The molecule has 0 aliphatic rings. The fourth-order valence-electron chi connectivity index (χ4n) is 0. The fraction of sp³-hybridized carbons (Fsp3) is 1.00. The lowest BCUT2D eigenvalue weighted by Gasteiger charge is -1.77. The average molecular weight is 143 g/mol. The van der Waals surface area contributed by atoms with Crippen molar-refractivity contribution in [2.75, 3.05) is 13.8 Å². The highest BCUT2D eigenvalue weighted by Gasteiger charge is 1.50. The van der Waals surface area contributed by atoms with Crippen molar-refractivity contribution in [2.45, 2.75) is 0 Å². The van der Waals surface area contributed by atoms with Crippen molar-refractivity contribution >= 4 is 17.0 Å². The molecular formula is C2H8BrNO. The van der Waals surface area contributed by atoms with Gasteiger partial charge in [0.2, 0.25) is 0 Å². The number of halogens is 1. The van der Waals surface area contributed by atoms with Crippen LogP contribution < -0.4 is 5.73 Å². The van der Waals surface area contributed by atoms with E-state index in [1.54, 1.807) is 0 Å². The van der Waals surface area contributed by atoms with Gasteiger partial charge in [0.15, 0.2) is 0 Å². The smallest absolute Gasteiger partial charge is 0.0936 e. The summed E-state index contributed by atoms with van der Waals surface area (Å²) in [5, 5.41) is 0. The lowest BCUT2D eigenvalue weighted by molar-refractivity contribution is 0.207. The molecule has 0 radical (unpaired) electrons. The molecule has 0 bridgehead atoms. The van der Waals surface area contributed by atoms with Gasteiger partial charge < -0.3 is 10.5 Å². The van der Waals surface area contributed by atoms with Crippen LogP contribution in [0.25, 0.3) is 0 Å². The molecule has 0 rings (SSSR count). The summed E-state index contributed by atoms with van der Waals surface area (Å²) in [6, 6.07) is 0. The molecule has 0 amide bonds. The molecule has 2 nitrogen and oxygen atoms in total. The Balaban J connectivity index is 0. The van der Waals surface area contributed by atoms with E-state index in [1.165, 1.54) is 0 Å². The van der Waals surface area contributed by atoms with Crippen LogP contribution >= 0.6 is 17.0 Å². The minimum absolute atomic E-state index is 0. The highest BCUT2D eigenvalue weighted by Crippen LogP contribution is 1.40. The Morgan fingerprint density at radius 3 is 2.80 bits per heavy atom. The van der Waals surface area contributed by atoms with Crippen LogP contribution in [0.4, 0.5) is 0 Å². The summed E-state index contributed by atoms with van der Waals surface area (Å²) in [5.74, 6) is 0. The van der Waals surface area contributed by atoms with E-state index >= 15 is 0 Å². The number of hydrogen-bond acceptors (Lipinski definition) is 2. The standard InChI is InChI=1S/C2H7NO.BrH/c1-4-2-3;/h2-3H2,1H3;1H/i1D;. The number of rotatable bonds is 1. The van der Waals surface area contributed by atoms with Crippen LogP contribution in [0.5, 0.6) is 0 Å². The summed E-state index contributed by atoms with van der Waals surface area (Å²) in [4.78, 5) is 0. The van der Waals surface area contributed by atoms with E-state index in [4.69, 9.17) is 7.10 Å².